The van der Waals surface area contributed by atoms with E-state index < -0.39 is 5.97 Å². The molecular formula is C21H33NO3. The number of carboxylic acid groups (broad SMARTS) is 1. The second-order valence-corrected chi connectivity index (χ2v) is 6.64. The number of rotatable bonds is 14. The van der Waals surface area contributed by atoms with E-state index in [4.69, 9.17) is 5.11 Å². The zero-order valence-corrected chi connectivity index (χ0v) is 15.6. The summed E-state index contributed by atoms with van der Waals surface area (Å²) in [4.78, 5) is 23.2. The Labute approximate surface area is 152 Å². The van der Waals surface area contributed by atoms with Crippen molar-refractivity contribution in [2.24, 2.45) is 0 Å². The maximum atomic E-state index is 12.1. The number of amides is 1. The lowest BCUT2D eigenvalue weighted by molar-refractivity contribution is 0.0691. The van der Waals surface area contributed by atoms with Crippen molar-refractivity contribution in [1.29, 1.82) is 0 Å². The van der Waals surface area contributed by atoms with Gasteiger partial charge in [0, 0.05) is 6.54 Å². The molecule has 2 N–H and O–H groups in total. The first kappa shape index (κ1) is 21.2. The molecule has 4 heteroatoms. The minimum absolute atomic E-state index is 0.0546. The van der Waals surface area contributed by atoms with Crippen LogP contribution in [0.5, 0.6) is 0 Å². The minimum atomic E-state index is -1.07. The maximum Gasteiger partial charge on any atom is 0.336 e. The molecule has 25 heavy (non-hydrogen) atoms. The number of hydrogen-bond donors (Lipinski definition) is 2. The topological polar surface area (TPSA) is 66.4 Å². The fourth-order valence-electron chi connectivity index (χ4n) is 2.95. The summed E-state index contributed by atoms with van der Waals surface area (Å²) in [6.07, 6.45) is 13.9. The third kappa shape index (κ3) is 9.28. The van der Waals surface area contributed by atoms with Gasteiger partial charge in [-0.05, 0) is 18.6 Å². The predicted molar refractivity (Wildman–Crippen MR) is 102 cm³/mol. The molecule has 0 aliphatic carbocycles. The Morgan fingerprint density at radius 2 is 1.28 bits per heavy atom. The van der Waals surface area contributed by atoms with Crippen LogP contribution in [0.2, 0.25) is 0 Å². The molecule has 0 spiro atoms. The highest BCUT2D eigenvalue weighted by Crippen LogP contribution is 2.11. The number of carbonyl (C=O) groups is 2. The van der Waals surface area contributed by atoms with Gasteiger partial charge in [0.25, 0.3) is 5.91 Å². The SMILES string of the molecule is CCCCCCCCCCCCCNC(=O)c1ccccc1C(=O)O. The van der Waals surface area contributed by atoms with Crippen molar-refractivity contribution >= 4 is 11.9 Å². The number of benzene rings is 1. The summed E-state index contributed by atoms with van der Waals surface area (Å²) in [7, 11) is 0. The first-order valence-electron chi connectivity index (χ1n) is 9.77. The van der Waals surface area contributed by atoms with E-state index in [1.807, 2.05) is 0 Å². The van der Waals surface area contributed by atoms with Crippen molar-refractivity contribution in [2.75, 3.05) is 6.54 Å². The van der Waals surface area contributed by atoms with E-state index >= 15 is 0 Å². The second kappa shape index (κ2) is 13.5. The summed E-state index contributed by atoms with van der Waals surface area (Å²) in [6.45, 7) is 2.84. The Morgan fingerprint density at radius 3 is 1.80 bits per heavy atom. The number of hydrogen-bond acceptors (Lipinski definition) is 2. The summed E-state index contributed by atoms with van der Waals surface area (Å²) in [5.41, 5.74) is 0.289. The van der Waals surface area contributed by atoms with Crippen LogP contribution in [0.1, 0.15) is 98.3 Å². The van der Waals surface area contributed by atoms with Crippen LogP contribution in [-0.2, 0) is 0 Å². The van der Waals surface area contributed by atoms with Crippen molar-refractivity contribution in [3.8, 4) is 0 Å². The third-order valence-corrected chi connectivity index (χ3v) is 4.47. The van der Waals surface area contributed by atoms with E-state index in [1.165, 1.54) is 63.9 Å². The lowest BCUT2D eigenvalue weighted by Gasteiger charge is -2.07. The molecule has 0 unspecified atom stereocenters. The van der Waals surface area contributed by atoms with Gasteiger partial charge in [-0.1, -0.05) is 83.3 Å². The van der Waals surface area contributed by atoms with Crippen molar-refractivity contribution in [3.05, 3.63) is 35.4 Å². The van der Waals surface area contributed by atoms with Crippen molar-refractivity contribution in [3.63, 3.8) is 0 Å². The Balaban J connectivity index is 2.05. The molecule has 0 fully saturated rings. The van der Waals surface area contributed by atoms with Crippen molar-refractivity contribution in [1.82, 2.24) is 5.32 Å². The standard InChI is InChI=1S/C21H33NO3/c1-2-3-4-5-6-7-8-9-10-11-14-17-22-20(23)18-15-12-13-16-19(18)21(24)25/h12-13,15-16H,2-11,14,17H2,1H3,(H,22,23)(H,24,25). The van der Waals surface area contributed by atoms with Gasteiger partial charge in [-0.2, -0.15) is 0 Å². The van der Waals surface area contributed by atoms with E-state index in [2.05, 4.69) is 12.2 Å². The molecule has 1 amide bonds. The van der Waals surface area contributed by atoms with Gasteiger partial charge in [0.15, 0.2) is 0 Å². The summed E-state index contributed by atoms with van der Waals surface area (Å²) in [5, 5.41) is 11.9. The molecule has 4 nitrogen and oxygen atoms in total. The first-order valence-corrected chi connectivity index (χ1v) is 9.77. The number of nitrogens with one attached hydrogen (secondary N) is 1. The van der Waals surface area contributed by atoms with Crippen LogP contribution in [-0.4, -0.2) is 23.5 Å². The number of unbranched alkanes of at least 4 members (excludes halogenated alkanes) is 10. The second-order valence-electron chi connectivity index (χ2n) is 6.64. The molecule has 0 aliphatic rings. The lowest BCUT2D eigenvalue weighted by Crippen LogP contribution is -2.26. The van der Waals surface area contributed by atoms with Gasteiger partial charge in [0.05, 0.1) is 11.1 Å². The molecule has 1 rings (SSSR count). The van der Waals surface area contributed by atoms with Gasteiger partial charge in [0.1, 0.15) is 0 Å². The molecule has 0 radical (unpaired) electrons. The lowest BCUT2D eigenvalue weighted by atomic mass is 10.1. The predicted octanol–water partition coefficient (Wildman–Crippen LogP) is 5.43. The molecule has 140 valence electrons. The molecule has 0 heterocycles. The zero-order valence-electron chi connectivity index (χ0n) is 15.6. The van der Waals surface area contributed by atoms with Crippen molar-refractivity contribution < 1.29 is 14.7 Å². The average Bonchev–Trinajstić information content (AvgIpc) is 2.62. The van der Waals surface area contributed by atoms with E-state index in [0.29, 0.717) is 6.54 Å². The Bertz CT molecular complexity index is 514. The average molecular weight is 347 g/mol. The quantitative estimate of drug-likeness (QED) is 0.441. The van der Waals surface area contributed by atoms with Gasteiger partial charge < -0.3 is 10.4 Å². The molecular weight excluding hydrogens is 314 g/mol. The first-order chi connectivity index (χ1) is 12.2. The molecule has 0 saturated carbocycles. The van der Waals surface area contributed by atoms with Gasteiger partial charge in [0.2, 0.25) is 0 Å². The molecule has 0 saturated heterocycles. The molecule has 1 aromatic carbocycles. The number of aromatic carboxylic acids is 1. The summed E-state index contributed by atoms with van der Waals surface area (Å²) < 4.78 is 0. The monoisotopic (exact) mass is 347 g/mol. The van der Waals surface area contributed by atoms with Crippen LogP contribution < -0.4 is 5.32 Å². The van der Waals surface area contributed by atoms with Crippen LogP contribution in [0.15, 0.2) is 24.3 Å². The highest BCUT2D eigenvalue weighted by Gasteiger charge is 2.14. The zero-order chi connectivity index (χ0) is 18.3. The summed E-state index contributed by atoms with van der Waals surface area (Å²) in [6, 6.07) is 6.33. The molecule has 0 aromatic heterocycles. The fraction of sp³-hybridized carbons (Fsp3) is 0.619. The van der Waals surface area contributed by atoms with E-state index in [-0.39, 0.29) is 17.0 Å². The smallest absolute Gasteiger partial charge is 0.336 e. The van der Waals surface area contributed by atoms with E-state index in [0.717, 1.165) is 12.8 Å². The Kier molecular flexibility index (Phi) is 11.4. The highest BCUT2D eigenvalue weighted by atomic mass is 16.4. The van der Waals surface area contributed by atoms with Crippen LogP contribution in [0.3, 0.4) is 0 Å². The van der Waals surface area contributed by atoms with Crippen LogP contribution in [0.25, 0.3) is 0 Å². The molecule has 0 atom stereocenters. The highest BCUT2D eigenvalue weighted by molar-refractivity contribution is 6.04. The van der Waals surface area contributed by atoms with Gasteiger partial charge >= 0.3 is 5.97 Å². The van der Waals surface area contributed by atoms with Crippen LogP contribution in [0.4, 0.5) is 0 Å². The summed E-state index contributed by atoms with van der Waals surface area (Å²) >= 11 is 0. The fourth-order valence-corrected chi connectivity index (χ4v) is 2.95. The number of carboxylic acids is 1. The molecule has 0 aliphatic heterocycles. The third-order valence-electron chi connectivity index (χ3n) is 4.47. The van der Waals surface area contributed by atoms with E-state index in [1.54, 1.807) is 18.2 Å². The van der Waals surface area contributed by atoms with Crippen molar-refractivity contribution in [2.45, 2.75) is 77.6 Å². The van der Waals surface area contributed by atoms with Gasteiger partial charge in [-0.15, -0.1) is 0 Å². The Morgan fingerprint density at radius 1 is 0.800 bits per heavy atom. The number of carbonyl (C=O) groups excluding carboxylic acids is 1. The largest absolute Gasteiger partial charge is 0.478 e. The minimum Gasteiger partial charge on any atom is -0.478 e. The summed E-state index contributed by atoms with van der Waals surface area (Å²) in [5.74, 6) is -1.37. The molecule has 1 aromatic rings. The normalized spacial score (nSPS) is 10.6. The van der Waals surface area contributed by atoms with Gasteiger partial charge in [-0.25, -0.2) is 4.79 Å². The van der Waals surface area contributed by atoms with Crippen LogP contribution in [0, 0.1) is 0 Å². The maximum absolute atomic E-state index is 12.1. The van der Waals surface area contributed by atoms with E-state index in [9.17, 15) is 9.59 Å². The Hall–Kier alpha value is -1.84. The van der Waals surface area contributed by atoms with Crippen LogP contribution >= 0.6 is 0 Å². The van der Waals surface area contributed by atoms with Gasteiger partial charge in [-0.3, -0.25) is 4.79 Å². The molecule has 0 bridgehead atoms.